The number of benzene rings is 2. The van der Waals surface area contributed by atoms with E-state index in [0.717, 1.165) is 22.4 Å². The second-order valence-corrected chi connectivity index (χ2v) is 6.82. The van der Waals surface area contributed by atoms with E-state index in [1.165, 1.54) is 0 Å². The summed E-state index contributed by atoms with van der Waals surface area (Å²) in [5.74, 6) is 0.911. The number of fused-ring (bicyclic) bond motifs is 1. The number of aromatic nitrogens is 2. The Morgan fingerprint density at radius 1 is 1.12 bits per heavy atom. The number of hydrogen-bond donors (Lipinski definition) is 1. The molecule has 0 bridgehead atoms. The van der Waals surface area contributed by atoms with Crippen molar-refractivity contribution in [1.29, 1.82) is 0 Å². The van der Waals surface area contributed by atoms with Crippen LogP contribution in [-0.4, -0.2) is 28.7 Å². The average molecular weight is 349 g/mol. The predicted molar refractivity (Wildman–Crippen MR) is 101 cm³/mol. The van der Waals surface area contributed by atoms with Crippen molar-refractivity contribution in [3.8, 4) is 0 Å². The molecular weight excluding hydrogens is 326 g/mol. The number of amides is 1. The van der Waals surface area contributed by atoms with E-state index in [2.05, 4.69) is 10.3 Å². The number of nitrogens with zero attached hydrogens (tertiary/aromatic N) is 2. The number of imidazole rings is 1. The first-order valence-corrected chi connectivity index (χ1v) is 9.03. The van der Waals surface area contributed by atoms with Crippen LogP contribution in [-0.2, 0) is 28.5 Å². The van der Waals surface area contributed by atoms with Gasteiger partial charge in [-0.15, -0.1) is 0 Å². The molecule has 0 unspecified atom stereocenters. The Kier molecular flexibility index (Phi) is 4.47. The van der Waals surface area contributed by atoms with E-state index >= 15 is 0 Å². The number of ether oxygens (including phenoxy) is 1. The van der Waals surface area contributed by atoms with Gasteiger partial charge in [-0.3, -0.25) is 4.79 Å². The van der Waals surface area contributed by atoms with Gasteiger partial charge in [-0.2, -0.15) is 0 Å². The average Bonchev–Trinajstić information content (AvgIpc) is 3.03. The standard InChI is InChI=1S/C21H23N3O2/c1-24-18-10-6-5-9-17(18)23-19(24)15-22-20(25)21(11-13-26-14-12-21)16-7-3-2-4-8-16/h2-10H,11-15H2,1H3,(H,22,25). The van der Waals surface area contributed by atoms with Gasteiger partial charge in [0.2, 0.25) is 5.91 Å². The second kappa shape index (κ2) is 6.92. The van der Waals surface area contributed by atoms with Crippen molar-refractivity contribution in [2.45, 2.75) is 24.8 Å². The Labute approximate surface area is 153 Å². The fourth-order valence-electron chi connectivity index (χ4n) is 3.81. The van der Waals surface area contributed by atoms with E-state index in [9.17, 15) is 4.79 Å². The van der Waals surface area contributed by atoms with Crippen LogP contribution >= 0.6 is 0 Å². The van der Waals surface area contributed by atoms with Gasteiger partial charge >= 0.3 is 0 Å². The van der Waals surface area contributed by atoms with E-state index in [4.69, 9.17) is 4.74 Å². The molecule has 2 heterocycles. The van der Waals surface area contributed by atoms with Crippen molar-refractivity contribution >= 4 is 16.9 Å². The molecule has 0 saturated carbocycles. The molecule has 1 fully saturated rings. The molecule has 1 saturated heterocycles. The summed E-state index contributed by atoms with van der Waals surface area (Å²) in [5, 5.41) is 3.13. The zero-order chi connectivity index (χ0) is 18.0. The van der Waals surface area contributed by atoms with E-state index in [1.54, 1.807) is 0 Å². The Morgan fingerprint density at radius 2 is 1.81 bits per heavy atom. The first kappa shape index (κ1) is 16.8. The molecule has 5 heteroatoms. The molecule has 1 amide bonds. The smallest absolute Gasteiger partial charge is 0.231 e. The summed E-state index contributed by atoms with van der Waals surface area (Å²) >= 11 is 0. The molecule has 0 radical (unpaired) electrons. The van der Waals surface area contributed by atoms with Crippen LogP contribution < -0.4 is 5.32 Å². The van der Waals surface area contributed by atoms with Crippen molar-refractivity contribution < 1.29 is 9.53 Å². The fourth-order valence-corrected chi connectivity index (χ4v) is 3.81. The van der Waals surface area contributed by atoms with Gasteiger partial charge < -0.3 is 14.6 Å². The minimum atomic E-state index is -0.524. The lowest BCUT2D eigenvalue weighted by Crippen LogP contribution is -2.48. The van der Waals surface area contributed by atoms with Gasteiger partial charge in [0, 0.05) is 20.3 Å². The van der Waals surface area contributed by atoms with Gasteiger partial charge in [0.05, 0.1) is 23.0 Å². The first-order chi connectivity index (χ1) is 12.7. The Hall–Kier alpha value is -2.66. The third kappa shape index (κ3) is 2.88. The molecule has 134 valence electrons. The molecule has 0 spiro atoms. The number of carbonyl (C=O) groups excluding carboxylic acids is 1. The molecule has 0 aliphatic carbocycles. The highest BCUT2D eigenvalue weighted by Gasteiger charge is 2.41. The van der Waals surface area contributed by atoms with Gasteiger partial charge in [0.25, 0.3) is 0 Å². The molecule has 1 aromatic heterocycles. The van der Waals surface area contributed by atoms with E-state index in [-0.39, 0.29) is 5.91 Å². The van der Waals surface area contributed by atoms with Crippen molar-refractivity contribution in [2.24, 2.45) is 7.05 Å². The van der Waals surface area contributed by atoms with E-state index in [0.29, 0.717) is 32.6 Å². The minimum Gasteiger partial charge on any atom is -0.381 e. The van der Waals surface area contributed by atoms with Crippen molar-refractivity contribution in [2.75, 3.05) is 13.2 Å². The van der Waals surface area contributed by atoms with Gasteiger partial charge in [0.15, 0.2) is 0 Å². The molecule has 2 aromatic carbocycles. The van der Waals surface area contributed by atoms with E-state index < -0.39 is 5.41 Å². The summed E-state index contributed by atoms with van der Waals surface area (Å²) in [6.07, 6.45) is 1.40. The van der Waals surface area contributed by atoms with Gasteiger partial charge in [-0.05, 0) is 30.5 Å². The van der Waals surface area contributed by atoms with Crippen LogP contribution in [0.25, 0.3) is 11.0 Å². The number of carbonyl (C=O) groups is 1. The SMILES string of the molecule is Cn1c(CNC(=O)C2(c3ccccc3)CCOCC2)nc2ccccc21. The van der Waals surface area contributed by atoms with Crippen molar-refractivity contribution in [3.63, 3.8) is 0 Å². The van der Waals surface area contributed by atoms with E-state index in [1.807, 2.05) is 66.2 Å². The molecule has 26 heavy (non-hydrogen) atoms. The summed E-state index contributed by atoms with van der Waals surface area (Å²) < 4.78 is 7.56. The predicted octanol–water partition coefficient (Wildman–Crippen LogP) is 2.94. The Balaban J connectivity index is 1.58. The lowest BCUT2D eigenvalue weighted by Gasteiger charge is -2.36. The maximum absolute atomic E-state index is 13.2. The number of aryl methyl sites for hydroxylation is 1. The number of rotatable bonds is 4. The van der Waals surface area contributed by atoms with Gasteiger partial charge in [-0.1, -0.05) is 42.5 Å². The summed E-state index contributed by atoms with van der Waals surface area (Å²) in [5.41, 5.74) is 2.55. The molecule has 3 aromatic rings. The molecule has 0 atom stereocenters. The second-order valence-electron chi connectivity index (χ2n) is 6.82. The topological polar surface area (TPSA) is 56.2 Å². The lowest BCUT2D eigenvalue weighted by atomic mass is 9.73. The third-order valence-electron chi connectivity index (χ3n) is 5.39. The zero-order valence-electron chi connectivity index (χ0n) is 14.9. The maximum atomic E-state index is 13.2. The maximum Gasteiger partial charge on any atom is 0.231 e. The third-order valence-corrected chi connectivity index (χ3v) is 5.39. The number of nitrogens with one attached hydrogen (secondary N) is 1. The summed E-state index contributed by atoms with van der Waals surface area (Å²) in [7, 11) is 1.98. The fraction of sp³-hybridized carbons (Fsp3) is 0.333. The van der Waals surface area contributed by atoms with Crippen molar-refractivity contribution in [3.05, 3.63) is 66.0 Å². The summed E-state index contributed by atoms with van der Waals surface area (Å²) in [6, 6.07) is 18.1. The summed E-state index contributed by atoms with van der Waals surface area (Å²) in [4.78, 5) is 17.9. The molecule has 4 rings (SSSR count). The monoisotopic (exact) mass is 349 g/mol. The molecule has 5 nitrogen and oxygen atoms in total. The molecule has 1 aliphatic heterocycles. The largest absolute Gasteiger partial charge is 0.381 e. The Bertz CT molecular complexity index is 911. The van der Waals surface area contributed by atoms with Crippen molar-refractivity contribution in [1.82, 2.24) is 14.9 Å². The van der Waals surface area contributed by atoms with Crippen LogP contribution in [0.15, 0.2) is 54.6 Å². The normalized spacial score (nSPS) is 16.5. The van der Waals surface area contributed by atoms with Crippen LogP contribution in [0.2, 0.25) is 0 Å². The van der Waals surface area contributed by atoms with Crippen LogP contribution in [0.1, 0.15) is 24.2 Å². The highest BCUT2D eigenvalue weighted by molar-refractivity contribution is 5.88. The highest BCUT2D eigenvalue weighted by Crippen LogP contribution is 2.35. The zero-order valence-corrected chi connectivity index (χ0v) is 14.9. The minimum absolute atomic E-state index is 0.0547. The lowest BCUT2D eigenvalue weighted by molar-refractivity contribution is -0.130. The quantitative estimate of drug-likeness (QED) is 0.788. The first-order valence-electron chi connectivity index (χ1n) is 9.03. The van der Waals surface area contributed by atoms with Gasteiger partial charge in [-0.25, -0.2) is 4.98 Å². The van der Waals surface area contributed by atoms with Gasteiger partial charge in [0.1, 0.15) is 5.82 Å². The Morgan fingerprint density at radius 3 is 2.54 bits per heavy atom. The molecular formula is C21H23N3O2. The van der Waals surface area contributed by atoms with Crippen LogP contribution in [0.4, 0.5) is 0 Å². The molecule has 1 N–H and O–H groups in total. The van der Waals surface area contributed by atoms with Crippen LogP contribution in [0.3, 0.4) is 0 Å². The summed E-state index contributed by atoms with van der Waals surface area (Å²) in [6.45, 7) is 1.63. The highest BCUT2D eigenvalue weighted by atomic mass is 16.5. The molecule has 1 aliphatic rings. The number of para-hydroxylation sites is 2. The van der Waals surface area contributed by atoms with Crippen LogP contribution in [0, 0.1) is 0 Å². The van der Waals surface area contributed by atoms with Crippen LogP contribution in [0.5, 0.6) is 0 Å². The number of hydrogen-bond acceptors (Lipinski definition) is 3.